The fourth-order valence-corrected chi connectivity index (χ4v) is 1.57. The Morgan fingerprint density at radius 3 is 2.78 bits per heavy atom. The third-order valence-electron chi connectivity index (χ3n) is 2.24. The standard InChI is InChI=1S/C14H11ClN2O/c15-12-5-1-2-6-13(12)17-14(18)8-7-11-4-3-9-16-10-11/h1-10H,(H,17,18)/b8-7+. The van der Waals surface area contributed by atoms with E-state index in [4.69, 9.17) is 11.6 Å². The Morgan fingerprint density at radius 1 is 1.22 bits per heavy atom. The monoisotopic (exact) mass is 258 g/mol. The molecule has 18 heavy (non-hydrogen) atoms. The Kier molecular flexibility index (Phi) is 4.10. The topological polar surface area (TPSA) is 42.0 Å². The second-order valence-electron chi connectivity index (χ2n) is 3.59. The van der Waals surface area contributed by atoms with Crippen molar-refractivity contribution in [2.45, 2.75) is 0 Å². The Balaban J connectivity index is 2.02. The minimum Gasteiger partial charge on any atom is -0.321 e. The van der Waals surface area contributed by atoms with Crippen LogP contribution >= 0.6 is 11.6 Å². The quantitative estimate of drug-likeness (QED) is 0.858. The second kappa shape index (κ2) is 5.98. The number of nitrogens with one attached hydrogen (secondary N) is 1. The van der Waals surface area contributed by atoms with E-state index in [-0.39, 0.29) is 5.91 Å². The first-order valence-electron chi connectivity index (χ1n) is 5.39. The molecule has 0 aliphatic rings. The van der Waals surface area contributed by atoms with Crippen LogP contribution in [0.15, 0.2) is 54.9 Å². The van der Waals surface area contributed by atoms with Crippen molar-refractivity contribution in [2.75, 3.05) is 5.32 Å². The number of halogens is 1. The van der Waals surface area contributed by atoms with E-state index < -0.39 is 0 Å². The zero-order valence-corrected chi connectivity index (χ0v) is 10.3. The van der Waals surface area contributed by atoms with E-state index in [1.54, 1.807) is 30.6 Å². The molecular weight excluding hydrogens is 248 g/mol. The van der Waals surface area contributed by atoms with Crippen LogP contribution in [0.3, 0.4) is 0 Å². The zero-order valence-electron chi connectivity index (χ0n) is 9.51. The number of amides is 1. The van der Waals surface area contributed by atoms with E-state index in [0.29, 0.717) is 10.7 Å². The van der Waals surface area contributed by atoms with Gasteiger partial charge in [0, 0.05) is 18.5 Å². The van der Waals surface area contributed by atoms with Crippen molar-refractivity contribution in [2.24, 2.45) is 0 Å². The lowest BCUT2D eigenvalue weighted by molar-refractivity contribution is -0.111. The van der Waals surface area contributed by atoms with Crippen LogP contribution < -0.4 is 5.32 Å². The molecule has 0 atom stereocenters. The van der Waals surface area contributed by atoms with E-state index in [1.807, 2.05) is 24.3 Å². The maximum Gasteiger partial charge on any atom is 0.248 e. The maximum atomic E-state index is 11.7. The number of benzene rings is 1. The predicted molar refractivity (Wildman–Crippen MR) is 73.4 cm³/mol. The lowest BCUT2D eigenvalue weighted by atomic mass is 10.2. The molecule has 2 rings (SSSR count). The molecule has 1 heterocycles. The normalized spacial score (nSPS) is 10.5. The number of hydrogen-bond donors (Lipinski definition) is 1. The fraction of sp³-hybridized carbons (Fsp3) is 0. The van der Waals surface area contributed by atoms with Gasteiger partial charge in [0.2, 0.25) is 5.91 Å². The molecule has 90 valence electrons. The van der Waals surface area contributed by atoms with Crippen molar-refractivity contribution in [3.05, 3.63) is 65.5 Å². The van der Waals surface area contributed by atoms with Crippen LogP contribution in [0.25, 0.3) is 6.08 Å². The molecule has 0 unspecified atom stereocenters. The molecule has 1 aromatic heterocycles. The number of anilines is 1. The zero-order chi connectivity index (χ0) is 12.8. The van der Waals surface area contributed by atoms with Crippen LogP contribution in [-0.2, 0) is 4.79 Å². The van der Waals surface area contributed by atoms with Crippen molar-refractivity contribution >= 4 is 29.3 Å². The largest absolute Gasteiger partial charge is 0.321 e. The van der Waals surface area contributed by atoms with E-state index in [0.717, 1.165) is 5.56 Å². The van der Waals surface area contributed by atoms with Gasteiger partial charge < -0.3 is 5.32 Å². The number of hydrogen-bond acceptors (Lipinski definition) is 2. The number of nitrogens with zero attached hydrogens (tertiary/aromatic N) is 1. The highest BCUT2D eigenvalue weighted by atomic mass is 35.5. The minimum absolute atomic E-state index is 0.230. The van der Waals surface area contributed by atoms with Crippen molar-refractivity contribution in [3.63, 3.8) is 0 Å². The van der Waals surface area contributed by atoms with Crippen LogP contribution in [0.5, 0.6) is 0 Å². The van der Waals surface area contributed by atoms with Gasteiger partial charge in [-0.15, -0.1) is 0 Å². The lowest BCUT2D eigenvalue weighted by Gasteiger charge is -2.03. The van der Waals surface area contributed by atoms with Gasteiger partial charge in [0.05, 0.1) is 10.7 Å². The molecule has 0 radical (unpaired) electrons. The average Bonchev–Trinajstić information content (AvgIpc) is 2.40. The Labute approximate surface area is 110 Å². The van der Waals surface area contributed by atoms with Gasteiger partial charge in [0.15, 0.2) is 0 Å². The highest BCUT2D eigenvalue weighted by molar-refractivity contribution is 6.33. The predicted octanol–water partition coefficient (Wildman–Crippen LogP) is 3.39. The lowest BCUT2D eigenvalue weighted by Crippen LogP contribution is -2.07. The summed E-state index contributed by atoms with van der Waals surface area (Å²) >= 11 is 5.94. The molecule has 0 aliphatic heterocycles. The van der Waals surface area contributed by atoms with Gasteiger partial charge in [-0.3, -0.25) is 9.78 Å². The summed E-state index contributed by atoms with van der Waals surface area (Å²) in [7, 11) is 0. The number of rotatable bonds is 3. The summed E-state index contributed by atoms with van der Waals surface area (Å²) in [6, 6.07) is 10.8. The first-order chi connectivity index (χ1) is 8.75. The fourth-order valence-electron chi connectivity index (χ4n) is 1.38. The second-order valence-corrected chi connectivity index (χ2v) is 4.00. The van der Waals surface area contributed by atoms with Gasteiger partial charge in [-0.2, -0.15) is 0 Å². The molecule has 4 heteroatoms. The third-order valence-corrected chi connectivity index (χ3v) is 2.57. The van der Waals surface area contributed by atoms with Gasteiger partial charge in [0.1, 0.15) is 0 Å². The van der Waals surface area contributed by atoms with E-state index in [9.17, 15) is 4.79 Å². The number of pyridine rings is 1. The van der Waals surface area contributed by atoms with Gasteiger partial charge in [-0.05, 0) is 29.8 Å². The summed E-state index contributed by atoms with van der Waals surface area (Å²) < 4.78 is 0. The summed E-state index contributed by atoms with van der Waals surface area (Å²) in [6.07, 6.45) is 6.50. The number of aromatic nitrogens is 1. The highest BCUT2D eigenvalue weighted by Crippen LogP contribution is 2.20. The number of carbonyl (C=O) groups is 1. The summed E-state index contributed by atoms with van der Waals surface area (Å²) in [5.41, 5.74) is 1.46. The molecule has 0 saturated heterocycles. The molecule has 0 saturated carbocycles. The third kappa shape index (κ3) is 3.43. The number of para-hydroxylation sites is 1. The summed E-state index contributed by atoms with van der Waals surface area (Å²) in [4.78, 5) is 15.6. The van der Waals surface area contributed by atoms with Crippen LogP contribution in [0.2, 0.25) is 5.02 Å². The van der Waals surface area contributed by atoms with Crippen molar-refractivity contribution in [1.82, 2.24) is 4.98 Å². The number of carbonyl (C=O) groups excluding carboxylic acids is 1. The molecule has 3 nitrogen and oxygen atoms in total. The van der Waals surface area contributed by atoms with Crippen LogP contribution in [-0.4, -0.2) is 10.9 Å². The molecule has 0 bridgehead atoms. The summed E-state index contributed by atoms with van der Waals surface area (Å²) in [5.74, 6) is -0.230. The van der Waals surface area contributed by atoms with Crippen molar-refractivity contribution in [1.29, 1.82) is 0 Å². The molecule has 1 aromatic carbocycles. The van der Waals surface area contributed by atoms with Crippen molar-refractivity contribution in [3.8, 4) is 0 Å². The molecule has 0 spiro atoms. The van der Waals surface area contributed by atoms with E-state index in [1.165, 1.54) is 6.08 Å². The van der Waals surface area contributed by atoms with Gasteiger partial charge in [-0.25, -0.2) is 0 Å². The Hall–Kier alpha value is -2.13. The van der Waals surface area contributed by atoms with Gasteiger partial charge in [0.25, 0.3) is 0 Å². The molecule has 0 fully saturated rings. The smallest absolute Gasteiger partial charge is 0.248 e. The SMILES string of the molecule is O=C(/C=C/c1cccnc1)Nc1ccccc1Cl. The molecule has 0 aliphatic carbocycles. The molecule has 2 aromatic rings. The molecule has 1 N–H and O–H groups in total. The first kappa shape index (κ1) is 12.3. The molecular formula is C14H11ClN2O. The Bertz CT molecular complexity index is 567. The minimum atomic E-state index is -0.230. The maximum absolute atomic E-state index is 11.7. The summed E-state index contributed by atoms with van der Waals surface area (Å²) in [6.45, 7) is 0. The summed E-state index contributed by atoms with van der Waals surface area (Å²) in [5, 5.41) is 3.22. The van der Waals surface area contributed by atoms with Crippen LogP contribution in [0.1, 0.15) is 5.56 Å². The van der Waals surface area contributed by atoms with Gasteiger partial charge in [-0.1, -0.05) is 29.8 Å². The molecule has 1 amide bonds. The highest BCUT2D eigenvalue weighted by Gasteiger charge is 2.01. The van der Waals surface area contributed by atoms with Gasteiger partial charge >= 0.3 is 0 Å². The van der Waals surface area contributed by atoms with Crippen LogP contribution in [0, 0.1) is 0 Å². The van der Waals surface area contributed by atoms with Crippen LogP contribution in [0.4, 0.5) is 5.69 Å². The average molecular weight is 259 g/mol. The van der Waals surface area contributed by atoms with E-state index in [2.05, 4.69) is 10.3 Å². The van der Waals surface area contributed by atoms with E-state index >= 15 is 0 Å². The van der Waals surface area contributed by atoms with Crippen molar-refractivity contribution < 1.29 is 4.79 Å². The Morgan fingerprint density at radius 2 is 2.06 bits per heavy atom. The first-order valence-corrected chi connectivity index (χ1v) is 5.77.